The number of hydrogen-bond donors (Lipinski definition) is 1. The van der Waals surface area contributed by atoms with Gasteiger partial charge < -0.3 is 10.2 Å². The van der Waals surface area contributed by atoms with Crippen LogP contribution >= 0.6 is 0 Å². The van der Waals surface area contributed by atoms with Gasteiger partial charge in [0, 0.05) is 25.4 Å². The van der Waals surface area contributed by atoms with Gasteiger partial charge in [-0.3, -0.25) is 0 Å². The lowest BCUT2D eigenvalue weighted by molar-refractivity contribution is 0.181. The highest BCUT2D eigenvalue weighted by Gasteiger charge is 2.17. The SMILES string of the molecule is CN1CCCCC1CNCc1ccc(S(C)(=O)=O)cc1. The Bertz CT molecular complexity index is 525. The van der Waals surface area contributed by atoms with Crippen LogP contribution in [0, 0.1) is 0 Å². The number of rotatable bonds is 5. The van der Waals surface area contributed by atoms with E-state index in [1.54, 1.807) is 12.1 Å². The molecule has 1 aliphatic rings. The normalized spacial score (nSPS) is 21.0. The monoisotopic (exact) mass is 296 g/mol. The molecule has 1 saturated heterocycles. The molecule has 2 rings (SSSR count). The molecule has 4 nitrogen and oxygen atoms in total. The summed E-state index contributed by atoms with van der Waals surface area (Å²) in [6.07, 6.45) is 5.12. The number of piperidine rings is 1. The third-order valence-electron chi connectivity index (χ3n) is 3.98. The summed E-state index contributed by atoms with van der Waals surface area (Å²) in [5, 5.41) is 3.47. The molecule has 1 aliphatic heterocycles. The van der Waals surface area contributed by atoms with Crippen LogP contribution in [0.5, 0.6) is 0 Å². The molecule has 0 radical (unpaired) electrons. The summed E-state index contributed by atoms with van der Waals surface area (Å²) in [4.78, 5) is 2.80. The smallest absolute Gasteiger partial charge is 0.175 e. The second-order valence-corrected chi connectivity index (χ2v) is 7.69. The largest absolute Gasteiger partial charge is 0.311 e. The lowest BCUT2D eigenvalue weighted by atomic mass is 10.0. The van der Waals surface area contributed by atoms with E-state index in [0.717, 1.165) is 18.7 Å². The van der Waals surface area contributed by atoms with Gasteiger partial charge in [-0.2, -0.15) is 0 Å². The van der Waals surface area contributed by atoms with Crippen LogP contribution in [0.15, 0.2) is 29.2 Å². The van der Waals surface area contributed by atoms with Crippen molar-refractivity contribution in [3.8, 4) is 0 Å². The first kappa shape index (κ1) is 15.5. The third-order valence-corrected chi connectivity index (χ3v) is 5.11. The number of hydrogen-bond acceptors (Lipinski definition) is 4. The second kappa shape index (κ2) is 6.70. The van der Waals surface area contributed by atoms with Crippen molar-refractivity contribution in [3.05, 3.63) is 29.8 Å². The lowest BCUT2D eigenvalue weighted by Gasteiger charge is -2.32. The van der Waals surface area contributed by atoms with Crippen molar-refractivity contribution >= 4 is 9.84 Å². The molecule has 1 N–H and O–H groups in total. The molecular formula is C15H24N2O2S. The summed E-state index contributed by atoms with van der Waals surface area (Å²) < 4.78 is 22.8. The van der Waals surface area contributed by atoms with Crippen LogP contribution < -0.4 is 5.32 Å². The van der Waals surface area contributed by atoms with E-state index in [1.807, 2.05) is 12.1 Å². The van der Waals surface area contributed by atoms with Crippen LogP contribution in [0.1, 0.15) is 24.8 Å². The molecule has 1 unspecified atom stereocenters. The highest BCUT2D eigenvalue weighted by Crippen LogP contribution is 2.14. The molecule has 112 valence electrons. The van der Waals surface area contributed by atoms with Gasteiger partial charge in [-0.1, -0.05) is 18.6 Å². The Morgan fingerprint density at radius 2 is 1.95 bits per heavy atom. The molecule has 0 aromatic heterocycles. The minimum absolute atomic E-state index is 0.383. The number of likely N-dealkylation sites (N-methyl/N-ethyl adjacent to an activating group) is 1. The van der Waals surface area contributed by atoms with Crippen molar-refractivity contribution in [2.45, 2.75) is 36.7 Å². The van der Waals surface area contributed by atoms with Gasteiger partial charge >= 0.3 is 0 Å². The van der Waals surface area contributed by atoms with Crippen LogP contribution in [-0.2, 0) is 16.4 Å². The van der Waals surface area contributed by atoms with E-state index in [4.69, 9.17) is 0 Å². The van der Waals surface area contributed by atoms with Crippen LogP contribution in [0.25, 0.3) is 0 Å². The van der Waals surface area contributed by atoms with Gasteiger partial charge in [-0.15, -0.1) is 0 Å². The van der Waals surface area contributed by atoms with Gasteiger partial charge in [0.05, 0.1) is 4.90 Å². The predicted octanol–water partition coefficient (Wildman–Crippen LogP) is 1.66. The van der Waals surface area contributed by atoms with Gasteiger partial charge in [-0.25, -0.2) is 8.42 Å². The summed E-state index contributed by atoms with van der Waals surface area (Å²) in [5.41, 5.74) is 1.12. The first-order valence-electron chi connectivity index (χ1n) is 7.17. The molecule has 20 heavy (non-hydrogen) atoms. The minimum Gasteiger partial charge on any atom is -0.311 e. The maximum atomic E-state index is 11.4. The van der Waals surface area contributed by atoms with E-state index >= 15 is 0 Å². The molecule has 1 aromatic rings. The highest BCUT2D eigenvalue weighted by atomic mass is 32.2. The predicted molar refractivity (Wildman–Crippen MR) is 81.5 cm³/mol. The quantitative estimate of drug-likeness (QED) is 0.898. The average molecular weight is 296 g/mol. The van der Waals surface area contributed by atoms with Crippen molar-refractivity contribution in [1.82, 2.24) is 10.2 Å². The minimum atomic E-state index is -3.09. The van der Waals surface area contributed by atoms with Crippen LogP contribution in [0.2, 0.25) is 0 Å². The van der Waals surface area contributed by atoms with Crippen LogP contribution in [0.4, 0.5) is 0 Å². The zero-order valence-corrected chi connectivity index (χ0v) is 13.1. The fourth-order valence-corrected chi connectivity index (χ4v) is 3.27. The molecule has 0 amide bonds. The maximum absolute atomic E-state index is 11.4. The Kier molecular flexibility index (Phi) is 5.18. The Labute approximate surface area is 122 Å². The molecular weight excluding hydrogens is 272 g/mol. The van der Waals surface area contributed by atoms with Gasteiger partial charge in [0.2, 0.25) is 0 Å². The zero-order chi connectivity index (χ0) is 14.6. The van der Waals surface area contributed by atoms with Crippen molar-refractivity contribution in [1.29, 1.82) is 0 Å². The van der Waals surface area contributed by atoms with Crippen molar-refractivity contribution in [2.75, 3.05) is 26.4 Å². The Morgan fingerprint density at radius 3 is 2.55 bits per heavy atom. The summed E-state index contributed by atoms with van der Waals surface area (Å²) in [6.45, 7) is 2.97. The van der Waals surface area contributed by atoms with E-state index in [0.29, 0.717) is 10.9 Å². The fraction of sp³-hybridized carbons (Fsp3) is 0.600. The Morgan fingerprint density at radius 1 is 1.25 bits per heavy atom. The lowest BCUT2D eigenvalue weighted by Crippen LogP contribution is -2.42. The molecule has 1 heterocycles. The van der Waals surface area contributed by atoms with Crippen LogP contribution in [-0.4, -0.2) is 45.8 Å². The van der Waals surface area contributed by atoms with E-state index in [2.05, 4.69) is 17.3 Å². The summed E-state index contributed by atoms with van der Waals surface area (Å²) in [5.74, 6) is 0. The first-order chi connectivity index (χ1) is 9.47. The van der Waals surface area contributed by atoms with Crippen LogP contribution in [0.3, 0.4) is 0 Å². The van der Waals surface area contributed by atoms with E-state index in [-0.39, 0.29) is 0 Å². The standard InChI is InChI=1S/C15H24N2O2S/c1-17-10-4-3-5-14(17)12-16-11-13-6-8-15(9-7-13)20(2,18)19/h6-9,14,16H,3-5,10-12H2,1-2H3. The topological polar surface area (TPSA) is 49.4 Å². The molecule has 0 saturated carbocycles. The average Bonchev–Trinajstić information content (AvgIpc) is 2.40. The molecule has 1 fully saturated rings. The Balaban J connectivity index is 1.82. The van der Waals surface area contributed by atoms with Gasteiger partial charge in [0.15, 0.2) is 9.84 Å². The number of nitrogens with zero attached hydrogens (tertiary/aromatic N) is 1. The maximum Gasteiger partial charge on any atom is 0.175 e. The summed E-state index contributed by atoms with van der Waals surface area (Å²) in [6, 6.07) is 7.75. The second-order valence-electron chi connectivity index (χ2n) is 5.68. The highest BCUT2D eigenvalue weighted by molar-refractivity contribution is 7.90. The van der Waals surface area contributed by atoms with Crippen molar-refractivity contribution < 1.29 is 8.42 Å². The first-order valence-corrected chi connectivity index (χ1v) is 9.06. The zero-order valence-electron chi connectivity index (χ0n) is 12.3. The molecule has 1 atom stereocenters. The van der Waals surface area contributed by atoms with Gasteiger partial charge in [0.25, 0.3) is 0 Å². The van der Waals surface area contributed by atoms with Crippen molar-refractivity contribution in [3.63, 3.8) is 0 Å². The number of sulfone groups is 1. The molecule has 1 aromatic carbocycles. The van der Waals surface area contributed by atoms with Gasteiger partial charge in [-0.05, 0) is 44.1 Å². The van der Waals surface area contributed by atoms with Crippen molar-refractivity contribution in [2.24, 2.45) is 0 Å². The third kappa shape index (κ3) is 4.30. The fourth-order valence-electron chi connectivity index (χ4n) is 2.64. The number of likely N-dealkylation sites (tertiary alicyclic amines) is 1. The molecule has 0 spiro atoms. The number of benzene rings is 1. The van der Waals surface area contributed by atoms with E-state index in [1.165, 1.54) is 32.1 Å². The molecule has 0 aliphatic carbocycles. The molecule has 0 bridgehead atoms. The van der Waals surface area contributed by atoms with E-state index in [9.17, 15) is 8.42 Å². The molecule has 5 heteroatoms. The van der Waals surface area contributed by atoms with Gasteiger partial charge in [0.1, 0.15) is 0 Å². The summed E-state index contributed by atoms with van der Waals surface area (Å²) in [7, 11) is -0.905. The summed E-state index contributed by atoms with van der Waals surface area (Å²) >= 11 is 0. The number of nitrogens with one attached hydrogen (secondary N) is 1. The van der Waals surface area contributed by atoms with E-state index < -0.39 is 9.84 Å². The Hall–Kier alpha value is -0.910.